The van der Waals surface area contributed by atoms with E-state index in [9.17, 15) is 4.79 Å². The van der Waals surface area contributed by atoms with Crippen LogP contribution in [0.25, 0.3) is 55.6 Å². The summed E-state index contributed by atoms with van der Waals surface area (Å²) in [5.41, 5.74) is 7.84. The van der Waals surface area contributed by atoms with Crippen molar-refractivity contribution < 1.29 is 9.53 Å². The fraction of sp³-hybridized carbons (Fsp3) is 0.138. The Kier molecular flexibility index (Phi) is 5.71. The minimum absolute atomic E-state index is 0.160. The SMILES string of the molecule is O=C(Nc1cncc(-c2cnc3[nH]nc(-c4cc5c(-c6cccnc6)cccc5[nH]4)c3c2)c1)N1CCOCC1. The zero-order chi connectivity index (χ0) is 26.2. The van der Waals surface area contributed by atoms with Gasteiger partial charge in [-0.1, -0.05) is 18.2 Å². The summed E-state index contributed by atoms with van der Waals surface area (Å²) in [6.45, 7) is 2.23. The average molecular weight is 517 g/mol. The van der Waals surface area contributed by atoms with Crippen LogP contribution in [-0.2, 0) is 4.74 Å². The lowest BCUT2D eigenvalue weighted by Crippen LogP contribution is -2.43. The number of carbonyl (C=O) groups excluding carboxylic acids is 1. The highest BCUT2D eigenvalue weighted by atomic mass is 16.5. The Morgan fingerprint density at radius 3 is 2.64 bits per heavy atom. The van der Waals surface area contributed by atoms with Crippen LogP contribution >= 0.6 is 0 Å². The molecule has 5 aromatic heterocycles. The van der Waals surface area contributed by atoms with Gasteiger partial charge in [0.15, 0.2) is 5.65 Å². The van der Waals surface area contributed by atoms with E-state index >= 15 is 0 Å². The minimum atomic E-state index is -0.160. The van der Waals surface area contributed by atoms with Crippen LogP contribution in [0.3, 0.4) is 0 Å². The highest BCUT2D eigenvalue weighted by Crippen LogP contribution is 2.34. The molecule has 192 valence electrons. The number of fused-ring (bicyclic) bond motifs is 2. The number of hydrogen-bond acceptors (Lipinski definition) is 6. The number of benzene rings is 1. The minimum Gasteiger partial charge on any atom is -0.378 e. The molecule has 6 heterocycles. The molecule has 3 N–H and O–H groups in total. The van der Waals surface area contributed by atoms with Crippen molar-refractivity contribution in [3.8, 4) is 33.6 Å². The van der Waals surface area contributed by atoms with Crippen molar-refractivity contribution >= 4 is 33.7 Å². The van der Waals surface area contributed by atoms with Gasteiger partial charge in [-0.05, 0) is 35.9 Å². The molecule has 7 rings (SSSR count). The summed E-state index contributed by atoms with van der Waals surface area (Å²) in [5, 5.41) is 12.6. The number of pyridine rings is 3. The lowest BCUT2D eigenvalue weighted by Gasteiger charge is -2.26. The monoisotopic (exact) mass is 516 g/mol. The largest absolute Gasteiger partial charge is 0.378 e. The van der Waals surface area contributed by atoms with E-state index in [1.807, 2.05) is 30.5 Å². The summed E-state index contributed by atoms with van der Waals surface area (Å²) >= 11 is 0. The third kappa shape index (κ3) is 4.36. The molecule has 0 unspecified atom stereocenters. The van der Waals surface area contributed by atoms with Crippen LogP contribution in [0, 0.1) is 0 Å². The van der Waals surface area contributed by atoms with Crippen molar-refractivity contribution in [2.75, 3.05) is 31.6 Å². The van der Waals surface area contributed by atoms with Crippen molar-refractivity contribution in [1.82, 2.24) is 35.0 Å². The van der Waals surface area contributed by atoms with Crippen LogP contribution in [0.15, 0.2) is 79.5 Å². The summed E-state index contributed by atoms with van der Waals surface area (Å²) in [6.07, 6.45) is 8.82. The number of amides is 2. The molecular formula is C29H24N8O2. The van der Waals surface area contributed by atoms with Crippen molar-refractivity contribution in [3.63, 3.8) is 0 Å². The molecule has 0 atom stereocenters. The van der Waals surface area contributed by atoms with Crippen molar-refractivity contribution in [2.45, 2.75) is 0 Å². The van der Waals surface area contributed by atoms with E-state index in [1.54, 1.807) is 29.7 Å². The molecule has 0 saturated carbocycles. The molecule has 39 heavy (non-hydrogen) atoms. The van der Waals surface area contributed by atoms with E-state index in [0.717, 1.165) is 49.9 Å². The number of anilines is 1. The first-order valence-electron chi connectivity index (χ1n) is 12.7. The molecule has 1 aromatic carbocycles. The molecule has 6 aromatic rings. The van der Waals surface area contributed by atoms with Gasteiger partial charge in [0.05, 0.1) is 30.8 Å². The Labute approximate surface area is 223 Å². The molecule has 1 saturated heterocycles. The second-order valence-corrected chi connectivity index (χ2v) is 9.38. The number of aromatic nitrogens is 6. The van der Waals surface area contributed by atoms with E-state index < -0.39 is 0 Å². The number of aromatic amines is 2. The third-order valence-corrected chi connectivity index (χ3v) is 6.93. The van der Waals surface area contributed by atoms with Gasteiger partial charge < -0.3 is 19.9 Å². The van der Waals surface area contributed by atoms with Gasteiger partial charge in [0.2, 0.25) is 0 Å². The molecule has 0 radical (unpaired) electrons. The van der Waals surface area contributed by atoms with E-state index in [4.69, 9.17) is 4.74 Å². The number of nitrogens with one attached hydrogen (secondary N) is 3. The molecule has 10 nitrogen and oxygen atoms in total. The van der Waals surface area contributed by atoms with Gasteiger partial charge in [-0.15, -0.1) is 0 Å². The van der Waals surface area contributed by atoms with E-state index in [2.05, 4.69) is 59.7 Å². The summed E-state index contributed by atoms with van der Waals surface area (Å²) in [7, 11) is 0. The standard InChI is InChI=1S/C29H24N8O2/c38-29(37-7-9-39-10-8-37)33-21-11-19(15-31-17-21)20-12-24-27(35-36-28(24)32-16-20)26-13-23-22(4-1-5-25(23)34-26)18-3-2-6-30-14-18/h1-6,11-17,34H,7-10H2,(H,33,38)(H,32,35,36). The van der Waals surface area contributed by atoms with E-state index in [0.29, 0.717) is 37.6 Å². The number of urea groups is 1. The topological polar surface area (TPSA) is 125 Å². The second kappa shape index (κ2) is 9.66. The van der Waals surface area contributed by atoms with Crippen molar-refractivity contribution in [2.24, 2.45) is 0 Å². The molecule has 1 aliphatic rings. The first kappa shape index (κ1) is 23.1. The first-order valence-corrected chi connectivity index (χ1v) is 12.7. The summed E-state index contributed by atoms with van der Waals surface area (Å²) < 4.78 is 5.34. The van der Waals surface area contributed by atoms with Crippen LogP contribution in [0.5, 0.6) is 0 Å². The molecule has 1 fully saturated rings. The number of carbonyl (C=O) groups is 1. The van der Waals surface area contributed by atoms with Crippen LogP contribution in [0.1, 0.15) is 0 Å². The van der Waals surface area contributed by atoms with Crippen LogP contribution < -0.4 is 5.32 Å². The van der Waals surface area contributed by atoms with Gasteiger partial charge >= 0.3 is 6.03 Å². The Morgan fingerprint density at radius 2 is 1.77 bits per heavy atom. The molecule has 1 aliphatic heterocycles. The number of nitrogens with zero attached hydrogens (tertiary/aromatic N) is 5. The maximum Gasteiger partial charge on any atom is 0.322 e. The number of ether oxygens (including phenoxy) is 1. The summed E-state index contributed by atoms with van der Waals surface area (Å²) in [6, 6.07) is 16.1. The average Bonchev–Trinajstić information content (AvgIpc) is 3.62. The fourth-order valence-electron chi connectivity index (χ4n) is 4.96. The Hall–Kier alpha value is -5.09. The maximum atomic E-state index is 12.6. The van der Waals surface area contributed by atoms with Gasteiger partial charge in [0.1, 0.15) is 5.69 Å². The normalized spacial score (nSPS) is 13.7. The van der Waals surface area contributed by atoms with E-state index in [-0.39, 0.29) is 6.03 Å². The zero-order valence-corrected chi connectivity index (χ0v) is 20.9. The third-order valence-electron chi connectivity index (χ3n) is 6.93. The molecule has 10 heteroatoms. The predicted molar refractivity (Wildman–Crippen MR) is 149 cm³/mol. The van der Waals surface area contributed by atoms with Gasteiger partial charge in [-0.2, -0.15) is 5.10 Å². The highest BCUT2D eigenvalue weighted by molar-refractivity contribution is 6.01. The lowest BCUT2D eigenvalue weighted by molar-refractivity contribution is 0.0564. The molecule has 0 aliphatic carbocycles. The van der Waals surface area contributed by atoms with Gasteiger partial charge in [-0.25, -0.2) is 9.78 Å². The number of hydrogen-bond donors (Lipinski definition) is 3. The molecule has 0 spiro atoms. The zero-order valence-electron chi connectivity index (χ0n) is 20.9. The summed E-state index contributed by atoms with van der Waals surface area (Å²) in [5.74, 6) is 0. The number of rotatable bonds is 4. The van der Waals surface area contributed by atoms with Crippen LogP contribution in [0.4, 0.5) is 10.5 Å². The Morgan fingerprint density at radius 1 is 0.897 bits per heavy atom. The van der Waals surface area contributed by atoms with Crippen LogP contribution in [-0.4, -0.2) is 67.4 Å². The van der Waals surface area contributed by atoms with Crippen molar-refractivity contribution in [3.05, 3.63) is 79.5 Å². The predicted octanol–water partition coefficient (Wildman–Crippen LogP) is 5.09. The Balaban J connectivity index is 1.23. The lowest BCUT2D eigenvalue weighted by atomic mass is 10.0. The number of H-pyrrole nitrogens is 2. The second-order valence-electron chi connectivity index (χ2n) is 9.38. The van der Waals surface area contributed by atoms with E-state index in [1.165, 1.54) is 0 Å². The maximum absolute atomic E-state index is 12.6. The van der Waals surface area contributed by atoms with Crippen LogP contribution in [0.2, 0.25) is 0 Å². The highest BCUT2D eigenvalue weighted by Gasteiger charge is 2.18. The first-order chi connectivity index (χ1) is 19.2. The number of morpholine rings is 1. The molecule has 2 amide bonds. The molecular weight excluding hydrogens is 492 g/mol. The fourth-order valence-corrected chi connectivity index (χ4v) is 4.96. The quantitative estimate of drug-likeness (QED) is 0.300. The Bertz CT molecular complexity index is 1800. The van der Waals surface area contributed by atoms with Gasteiger partial charge in [0.25, 0.3) is 0 Å². The van der Waals surface area contributed by atoms with Gasteiger partial charge in [-0.3, -0.25) is 15.1 Å². The van der Waals surface area contributed by atoms with Crippen molar-refractivity contribution in [1.29, 1.82) is 0 Å². The smallest absolute Gasteiger partial charge is 0.322 e. The molecule has 0 bridgehead atoms. The van der Waals surface area contributed by atoms with Gasteiger partial charge in [0, 0.05) is 70.9 Å². The summed E-state index contributed by atoms with van der Waals surface area (Å²) in [4.78, 5) is 31.1.